The first-order chi connectivity index (χ1) is 9.58. The normalized spacial score (nSPS) is 29.8. The van der Waals surface area contributed by atoms with Crippen LogP contribution < -0.4 is 5.32 Å². The molecule has 0 aromatic carbocycles. The molecule has 1 aliphatic heterocycles. The van der Waals surface area contributed by atoms with E-state index in [0.717, 1.165) is 32.2 Å². The Balaban J connectivity index is 1.81. The Bertz CT molecular complexity index is 314. The zero-order valence-corrected chi connectivity index (χ0v) is 13.0. The fraction of sp³-hybridized carbons (Fsp3) is 0.938. The minimum atomic E-state index is -0.614. The van der Waals surface area contributed by atoms with Gasteiger partial charge >= 0.3 is 5.97 Å². The molecule has 1 saturated heterocycles. The van der Waals surface area contributed by atoms with Crippen LogP contribution in [-0.4, -0.2) is 47.7 Å². The van der Waals surface area contributed by atoms with E-state index in [1.165, 1.54) is 25.9 Å². The van der Waals surface area contributed by atoms with Crippen molar-refractivity contribution in [2.24, 2.45) is 11.8 Å². The predicted molar refractivity (Wildman–Crippen MR) is 80.8 cm³/mol. The van der Waals surface area contributed by atoms with Crippen LogP contribution in [0.3, 0.4) is 0 Å². The molecule has 1 saturated carbocycles. The van der Waals surface area contributed by atoms with Crippen molar-refractivity contribution >= 4 is 5.97 Å². The smallest absolute Gasteiger partial charge is 0.306 e. The minimum Gasteiger partial charge on any atom is -0.481 e. The molecule has 2 rings (SSSR count). The van der Waals surface area contributed by atoms with Crippen molar-refractivity contribution in [2.45, 2.75) is 64.5 Å². The fourth-order valence-electron chi connectivity index (χ4n) is 3.75. The third-order valence-electron chi connectivity index (χ3n) is 5.02. The van der Waals surface area contributed by atoms with Gasteiger partial charge in [-0.15, -0.1) is 0 Å². The summed E-state index contributed by atoms with van der Waals surface area (Å²) < 4.78 is 0. The number of carboxylic acid groups (broad SMARTS) is 1. The molecule has 0 aromatic rings. The SMILES string of the molecule is CC(C)C(CNC1CCCC(C(=O)O)C1)N1CCCC1. The van der Waals surface area contributed by atoms with E-state index in [1.807, 2.05) is 0 Å². The lowest BCUT2D eigenvalue weighted by Crippen LogP contribution is -2.48. The summed E-state index contributed by atoms with van der Waals surface area (Å²) in [5, 5.41) is 12.8. The van der Waals surface area contributed by atoms with Crippen LogP contribution in [0.25, 0.3) is 0 Å². The molecule has 0 amide bonds. The number of rotatable bonds is 6. The molecular weight excluding hydrogens is 252 g/mol. The molecule has 0 radical (unpaired) electrons. The molecule has 2 N–H and O–H groups in total. The van der Waals surface area contributed by atoms with Gasteiger partial charge in [0.25, 0.3) is 0 Å². The topological polar surface area (TPSA) is 52.6 Å². The summed E-state index contributed by atoms with van der Waals surface area (Å²) in [7, 11) is 0. The van der Waals surface area contributed by atoms with E-state index in [0.29, 0.717) is 18.0 Å². The maximum absolute atomic E-state index is 11.1. The molecule has 2 aliphatic rings. The number of hydrogen-bond acceptors (Lipinski definition) is 3. The summed E-state index contributed by atoms with van der Waals surface area (Å²) in [6.45, 7) is 8.06. The van der Waals surface area contributed by atoms with Gasteiger partial charge in [-0.2, -0.15) is 0 Å². The molecular formula is C16H30N2O2. The van der Waals surface area contributed by atoms with Crippen molar-refractivity contribution in [3.63, 3.8) is 0 Å². The van der Waals surface area contributed by atoms with E-state index < -0.39 is 5.97 Å². The average molecular weight is 282 g/mol. The molecule has 0 aromatic heterocycles. The van der Waals surface area contributed by atoms with Crippen LogP contribution in [0.2, 0.25) is 0 Å². The lowest BCUT2D eigenvalue weighted by Gasteiger charge is -2.34. The summed E-state index contributed by atoms with van der Waals surface area (Å²) in [6.07, 6.45) is 6.49. The minimum absolute atomic E-state index is 0.134. The molecule has 0 spiro atoms. The lowest BCUT2D eigenvalue weighted by atomic mass is 9.85. The molecule has 3 atom stereocenters. The molecule has 0 bridgehead atoms. The number of carbonyl (C=O) groups is 1. The first kappa shape index (κ1) is 15.8. The zero-order valence-electron chi connectivity index (χ0n) is 13.0. The maximum Gasteiger partial charge on any atom is 0.306 e. The van der Waals surface area contributed by atoms with Gasteiger partial charge in [0.15, 0.2) is 0 Å². The second kappa shape index (κ2) is 7.41. The summed E-state index contributed by atoms with van der Waals surface area (Å²) in [4.78, 5) is 13.7. The first-order valence-corrected chi connectivity index (χ1v) is 8.28. The van der Waals surface area contributed by atoms with E-state index >= 15 is 0 Å². The summed E-state index contributed by atoms with van der Waals surface area (Å²) in [5.74, 6) is -0.0959. The van der Waals surface area contributed by atoms with Crippen molar-refractivity contribution in [1.82, 2.24) is 10.2 Å². The number of hydrogen-bond donors (Lipinski definition) is 2. The number of likely N-dealkylation sites (tertiary alicyclic amines) is 1. The largest absolute Gasteiger partial charge is 0.481 e. The Morgan fingerprint density at radius 3 is 2.55 bits per heavy atom. The lowest BCUT2D eigenvalue weighted by molar-refractivity contribution is -0.143. The molecule has 20 heavy (non-hydrogen) atoms. The van der Waals surface area contributed by atoms with Crippen LogP contribution in [0, 0.1) is 11.8 Å². The summed E-state index contributed by atoms with van der Waals surface area (Å²) in [5.41, 5.74) is 0. The van der Waals surface area contributed by atoms with E-state index in [9.17, 15) is 4.79 Å². The van der Waals surface area contributed by atoms with E-state index in [1.54, 1.807) is 0 Å². The van der Waals surface area contributed by atoms with Gasteiger partial charge in [-0.25, -0.2) is 0 Å². The van der Waals surface area contributed by atoms with Crippen molar-refractivity contribution in [2.75, 3.05) is 19.6 Å². The Labute approximate surface area is 122 Å². The van der Waals surface area contributed by atoms with Gasteiger partial charge in [0.05, 0.1) is 5.92 Å². The van der Waals surface area contributed by atoms with E-state index in [2.05, 4.69) is 24.1 Å². The quantitative estimate of drug-likeness (QED) is 0.785. The monoisotopic (exact) mass is 282 g/mol. The molecule has 4 nitrogen and oxygen atoms in total. The van der Waals surface area contributed by atoms with Crippen molar-refractivity contribution < 1.29 is 9.90 Å². The van der Waals surface area contributed by atoms with E-state index in [4.69, 9.17) is 5.11 Å². The van der Waals surface area contributed by atoms with Crippen LogP contribution in [0.5, 0.6) is 0 Å². The second-order valence-corrected chi connectivity index (χ2v) is 6.86. The third-order valence-corrected chi connectivity index (χ3v) is 5.02. The highest BCUT2D eigenvalue weighted by atomic mass is 16.4. The fourth-order valence-corrected chi connectivity index (χ4v) is 3.75. The van der Waals surface area contributed by atoms with Crippen LogP contribution in [0.1, 0.15) is 52.4 Å². The Morgan fingerprint density at radius 2 is 1.95 bits per heavy atom. The standard InChI is InChI=1S/C16H30N2O2/c1-12(2)15(18-8-3-4-9-18)11-17-14-7-5-6-13(10-14)16(19)20/h12-15,17H,3-11H2,1-2H3,(H,19,20). The number of nitrogens with one attached hydrogen (secondary N) is 1. The summed E-state index contributed by atoms with van der Waals surface area (Å²) in [6, 6.07) is 0.997. The molecule has 1 aliphatic carbocycles. The highest BCUT2D eigenvalue weighted by Gasteiger charge is 2.29. The summed E-state index contributed by atoms with van der Waals surface area (Å²) >= 11 is 0. The Morgan fingerprint density at radius 1 is 1.25 bits per heavy atom. The predicted octanol–water partition coefficient (Wildman–Crippen LogP) is 2.34. The second-order valence-electron chi connectivity index (χ2n) is 6.86. The van der Waals surface area contributed by atoms with Gasteiger partial charge in [-0.3, -0.25) is 9.69 Å². The number of nitrogens with zero attached hydrogens (tertiary/aromatic N) is 1. The Kier molecular flexibility index (Phi) is 5.85. The number of carboxylic acids is 1. The highest BCUT2D eigenvalue weighted by Crippen LogP contribution is 2.25. The van der Waals surface area contributed by atoms with Gasteiger partial charge in [-0.05, 0) is 51.1 Å². The van der Waals surface area contributed by atoms with Gasteiger partial charge in [0, 0.05) is 18.6 Å². The molecule has 4 heteroatoms. The van der Waals surface area contributed by atoms with Crippen LogP contribution >= 0.6 is 0 Å². The highest BCUT2D eigenvalue weighted by molar-refractivity contribution is 5.70. The van der Waals surface area contributed by atoms with Gasteiger partial charge in [-0.1, -0.05) is 20.3 Å². The van der Waals surface area contributed by atoms with Crippen molar-refractivity contribution in [1.29, 1.82) is 0 Å². The molecule has 1 heterocycles. The van der Waals surface area contributed by atoms with Crippen LogP contribution in [0.4, 0.5) is 0 Å². The van der Waals surface area contributed by atoms with E-state index in [-0.39, 0.29) is 5.92 Å². The van der Waals surface area contributed by atoms with Crippen LogP contribution in [0.15, 0.2) is 0 Å². The van der Waals surface area contributed by atoms with Crippen molar-refractivity contribution in [3.8, 4) is 0 Å². The van der Waals surface area contributed by atoms with Crippen LogP contribution in [-0.2, 0) is 4.79 Å². The van der Waals surface area contributed by atoms with Gasteiger partial charge < -0.3 is 10.4 Å². The number of aliphatic carboxylic acids is 1. The van der Waals surface area contributed by atoms with Gasteiger partial charge in [0.1, 0.15) is 0 Å². The molecule has 2 fully saturated rings. The van der Waals surface area contributed by atoms with Gasteiger partial charge in [0.2, 0.25) is 0 Å². The molecule has 3 unspecified atom stereocenters. The third kappa shape index (κ3) is 4.19. The Hall–Kier alpha value is -0.610. The molecule has 116 valence electrons. The maximum atomic E-state index is 11.1. The zero-order chi connectivity index (χ0) is 14.5. The first-order valence-electron chi connectivity index (χ1n) is 8.28. The van der Waals surface area contributed by atoms with Crippen molar-refractivity contribution in [3.05, 3.63) is 0 Å². The average Bonchev–Trinajstić information content (AvgIpc) is 2.93.